The molecule has 2 aliphatic rings. The molecule has 0 saturated carbocycles. The SMILES string of the molecule is CCOC(=O)C1CCN(C(=O)C2CN(c3cc(-n4nc(C)cc4C)ncn3)C2)CC1. The van der Waals surface area contributed by atoms with Crippen molar-refractivity contribution < 1.29 is 14.3 Å². The van der Waals surface area contributed by atoms with E-state index in [1.54, 1.807) is 4.68 Å². The van der Waals surface area contributed by atoms with Gasteiger partial charge in [-0.1, -0.05) is 0 Å². The second kappa shape index (κ2) is 8.41. The van der Waals surface area contributed by atoms with Crippen molar-refractivity contribution in [1.29, 1.82) is 0 Å². The molecule has 2 aromatic rings. The molecular formula is C21H28N6O3. The second-order valence-electron chi connectivity index (χ2n) is 8.03. The molecule has 0 N–H and O–H groups in total. The van der Waals surface area contributed by atoms with Gasteiger partial charge in [-0.25, -0.2) is 14.6 Å². The van der Waals surface area contributed by atoms with E-state index in [-0.39, 0.29) is 23.7 Å². The third-order valence-corrected chi connectivity index (χ3v) is 5.85. The average molecular weight is 412 g/mol. The third-order valence-electron chi connectivity index (χ3n) is 5.85. The van der Waals surface area contributed by atoms with E-state index in [2.05, 4.69) is 20.0 Å². The topological polar surface area (TPSA) is 93.5 Å². The Morgan fingerprint density at radius 2 is 1.77 bits per heavy atom. The molecule has 2 saturated heterocycles. The van der Waals surface area contributed by atoms with Crippen LogP contribution in [0.1, 0.15) is 31.2 Å². The Labute approximate surface area is 176 Å². The van der Waals surface area contributed by atoms with Crippen LogP contribution < -0.4 is 4.90 Å². The molecule has 0 aromatic carbocycles. The van der Waals surface area contributed by atoms with Gasteiger partial charge in [0.15, 0.2) is 5.82 Å². The first-order chi connectivity index (χ1) is 14.5. The summed E-state index contributed by atoms with van der Waals surface area (Å²) in [5.41, 5.74) is 1.95. The zero-order valence-electron chi connectivity index (χ0n) is 17.7. The number of amides is 1. The minimum absolute atomic E-state index is 0.0313. The minimum Gasteiger partial charge on any atom is -0.466 e. The predicted molar refractivity (Wildman–Crippen MR) is 110 cm³/mol. The highest BCUT2D eigenvalue weighted by atomic mass is 16.5. The summed E-state index contributed by atoms with van der Waals surface area (Å²) in [6.45, 7) is 8.69. The van der Waals surface area contributed by atoms with Crippen LogP contribution in [0.5, 0.6) is 0 Å². The Hall–Kier alpha value is -2.97. The van der Waals surface area contributed by atoms with Crippen molar-refractivity contribution in [2.45, 2.75) is 33.6 Å². The molecule has 9 nitrogen and oxygen atoms in total. The van der Waals surface area contributed by atoms with Crippen molar-refractivity contribution in [2.24, 2.45) is 11.8 Å². The van der Waals surface area contributed by atoms with Gasteiger partial charge >= 0.3 is 5.97 Å². The first-order valence-electron chi connectivity index (χ1n) is 10.5. The van der Waals surface area contributed by atoms with Crippen molar-refractivity contribution in [3.63, 3.8) is 0 Å². The number of nitrogens with zero attached hydrogens (tertiary/aromatic N) is 6. The molecule has 0 aliphatic carbocycles. The zero-order chi connectivity index (χ0) is 21.3. The van der Waals surface area contributed by atoms with Gasteiger partial charge < -0.3 is 14.5 Å². The van der Waals surface area contributed by atoms with Crippen molar-refractivity contribution >= 4 is 17.7 Å². The van der Waals surface area contributed by atoms with Gasteiger partial charge in [-0.2, -0.15) is 5.10 Å². The number of esters is 1. The fraction of sp³-hybridized carbons (Fsp3) is 0.571. The van der Waals surface area contributed by atoms with Crippen LogP contribution in [0.2, 0.25) is 0 Å². The van der Waals surface area contributed by atoms with E-state index in [9.17, 15) is 9.59 Å². The second-order valence-corrected chi connectivity index (χ2v) is 8.03. The first-order valence-corrected chi connectivity index (χ1v) is 10.5. The van der Waals surface area contributed by atoms with Crippen LogP contribution in [0.25, 0.3) is 5.82 Å². The number of ether oxygens (including phenoxy) is 1. The summed E-state index contributed by atoms with van der Waals surface area (Å²) >= 11 is 0. The van der Waals surface area contributed by atoms with E-state index < -0.39 is 0 Å². The number of aryl methyl sites for hydroxylation is 2. The summed E-state index contributed by atoms with van der Waals surface area (Å²) in [4.78, 5) is 37.4. The highest BCUT2D eigenvalue weighted by molar-refractivity contribution is 5.82. The molecule has 0 unspecified atom stereocenters. The number of aromatic nitrogens is 4. The summed E-state index contributed by atoms with van der Waals surface area (Å²) < 4.78 is 6.91. The predicted octanol–water partition coefficient (Wildman–Crippen LogP) is 1.52. The molecule has 30 heavy (non-hydrogen) atoms. The van der Waals surface area contributed by atoms with Crippen LogP contribution in [-0.4, -0.2) is 69.3 Å². The van der Waals surface area contributed by atoms with Crippen LogP contribution in [0.3, 0.4) is 0 Å². The number of rotatable bonds is 5. The minimum atomic E-state index is -0.137. The summed E-state index contributed by atoms with van der Waals surface area (Å²) in [6, 6.07) is 3.91. The number of anilines is 1. The van der Waals surface area contributed by atoms with E-state index in [0.29, 0.717) is 45.6 Å². The van der Waals surface area contributed by atoms with E-state index in [4.69, 9.17) is 4.74 Å². The van der Waals surface area contributed by atoms with Crippen molar-refractivity contribution in [3.8, 4) is 5.82 Å². The van der Waals surface area contributed by atoms with Gasteiger partial charge in [0.05, 0.1) is 24.1 Å². The van der Waals surface area contributed by atoms with Crippen molar-refractivity contribution in [2.75, 3.05) is 37.7 Å². The lowest BCUT2D eigenvalue weighted by Gasteiger charge is -2.42. The Balaban J connectivity index is 1.32. The molecule has 160 valence electrons. The number of hydrogen-bond donors (Lipinski definition) is 0. The maximum Gasteiger partial charge on any atom is 0.309 e. The summed E-state index contributed by atoms with van der Waals surface area (Å²) in [5.74, 6) is 1.44. The number of likely N-dealkylation sites (tertiary alicyclic amines) is 1. The van der Waals surface area contributed by atoms with E-state index >= 15 is 0 Å². The molecule has 0 radical (unpaired) electrons. The maximum absolute atomic E-state index is 12.8. The lowest BCUT2D eigenvalue weighted by Crippen LogP contribution is -2.56. The van der Waals surface area contributed by atoms with Gasteiger partial charge in [-0.05, 0) is 39.7 Å². The third kappa shape index (κ3) is 4.01. The van der Waals surface area contributed by atoms with Crippen molar-refractivity contribution in [3.05, 3.63) is 29.8 Å². The summed E-state index contributed by atoms with van der Waals surface area (Å²) in [7, 11) is 0. The molecule has 9 heteroatoms. The lowest BCUT2D eigenvalue weighted by molar-refractivity contribution is -0.152. The van der Waals surface area contributed by atoms with E-state index in [1.165, 1.54) is 6.33 Å². The van der Waals surface area contributed by atoms with Gasteiger partial charge in [0.1, 0.15) is 12.1 Å². The van der Waals surface area contributed by atoms with Crippen LogP contribution in [0, 0.1) is 25.7 Å². The molecule has 0 bridgehead atoms. The van der Waals surface area contributed by atoms with Crippen LogP contribution >= 0.6 is 0 Å². The fourth-order valence-corrected chi connectivity index (χ4v) is 4.16. The molecule has 0 spiro atoms. The number of piperidine rings is 1. The Kier molecular flexibility index (Phi) is 5.69. The Morgan fingerprint density at radius 1 is 1.07 bits per heavy atom. The highest BCUT2D eigenvalue weighted by Gasteiger charge is 2.38. The van der Waals surface area contributed by atoms with E-state index in [0.717, 1.165) is 23.0 Å². The number of carbonyl (C=O) groups excluding carboxylic acids is 2. The largest absolute Gasteiger partial charge is 0.466 e. The molecule has 2 aromatic heterocycles. The van der Waals surface area contributed by atoms with E-state index in [1.807, 2.05) is 37.8 Å². The van der Waals surface area contributed by atoms with Crippen LogP contribution in [0.15, 0.2) is 18.5 Å². The first kappa shape index (κ1) is 20.3. The van der Waals surface area contributed by atoms with Gasteiger partial charge in [0.2, 0.25) is 5.91 Å². The van der Waals surface area contributed by atoms with Crippen LogP contribution in [-0.2, 0) is 14.3 Å². The number of hydrogen-bond acceptors (Lipinski definition) is 7. The van der Waals surface area contributed by atoms with Gasteiger partial charge in [0.25, 0.3) is 0 Å². The van der Waals surface area contributed by atoms with Gasteiger partial charge in [-0.15, -0.1) is 0 Å². The monoisotopic (exact) mass is 412 g/mol. The molecule has 2 aliphatic heterocycles. The smallest absolute Gasteiger partial charge is 0.309 e. The summed E-state index contributed by atoms with van der Waals surface area (Å²) in [6.07, 6.45) is 2.90. The van der Waals surface area contributed by atoms with Crippen LogP contribution in [0.4, 0.5) is 5.82 Å². The quantitative estimate of drug-likeness (QED) is 0.687. The summed E-state index contributed by atoms with van der Waals surface area (Å²) in [5, 5.41) is 4.47. The normalized spacial score (nSPS) is 17.7. The van der Waals surface area contributed by atoms with Crippen molar-refractivity contribution in [1.82, 2.24) is 24.6 Å². The van der Waals surface area contributed by atoms with Gasteiger partial charge in [-0.3, -0.25) is 9.59 Å². The molecule has 4 rings (SSSR count). The lowest BCUT2D eigenvalue weighted by atomic mass is 9.93. The molecule has 0 atom stereocenters. The fourth-order valence-electron chi connectivity index (χ4n) is 4.16. The highest BCUT2D eigenvalue weighted by Crippen LogP contribution is 2.27. The standard InChI is InChI=1S/C21H28N6O3/c1-4-30-21(29)16-5-7-25(8-6-16)20(28)17-11-26(12-17)18-10-19(23-13-22-18)27-15(3)9-14(2)24-27/h9-10,13,16-17H,4-8,11-12H2,1-3H3. The average Bonchev–Trinajstić information content (AvgIpc) is 3.05. The molecular weight excluding hydrogens is 384 g/mol. The molecule has 2 fully saturated rings. The molecule has 4 heterocycles. The zero-order valence-corrected chi connectivity index (χ0v) is 17.7. The van der Waals surface area contributed by atoms with Gasteiger partial charge in [0, 0.05) is 37.9 Å². The Bertz CT molecular complexity index is 929. The Morgan fingerprint density at radius 3 is 2.40 bits per heavy atom. The molecule has 1 amide bonds. The number of carbonyl (C=O) groups is 2. The maximum atomic E-state index is 12.8.